The van der Waals surface area contributed by atoms with Gasteiger partial charge in [-0.25, -0.2) is 0 Å². The average molecular weight is 283 g/mol. The minimum Gasteiger partial charge on any atom is -0.383 e. The quantitative estimate of drug-likeness (QED) is 0.902. The second kappa shape index (κ2) is 6.51. The molecule has 0 saturated heterocycles. The molecule has 0 spiro atoms. The lowest BCUT2D eigenvalue weighted by Gasteiger charge is -2.17. The molecule has 1 N–H and O–H groups in total. The number of rotatable bonds is 5. The topological polar surface area (TPSA) is 45.0 Å². The molecule has 1 aromatic rings. The third-order valence-corrected chi connectivity index (χ3v) is 2.98. The summed E-state index contributed by atoms with van der Waals surface area (Å²) in [4.78, 5) is 0. The molecule has 1 unspecified atom stereocenters. The van der Waals surface area contributed by atoms with E-state index in [0.29, 0.717) is 18.2 Å². The molecule has 0 heterocycles. The Balaban J connectivity index is 2.74. The maximum atomic E-state index is 8.80. The second-order valence-corrected chi connectivity index (χ2v) is 4.37. The molecular formula is C12H15BrN2O. The van der Waals surface area contributed by atoms with Crippen molar-refractivity contribution in [1.82, 2.24) is 0 Å². The van der Waals surface area contributed by atoms with Gasteiger partial charge >= 0.3 is 0 Å². The lowest BCUT2D eigenvalue weighted by atomic mass is 10.2. The van der Waals surface area contributed by atoms with Crippen LogP contribution in [0.2, 0.25) is 0 Å². The summed E-state index contributed by atoms with van der Waals surface area (Å²) in [5.74, 6) is 0. The first-order chi connectivity index (χ1) is 7.71. The summed E-state index contributed by atoms with van der Waals surface area (Å²) in [6, 6.07) is 8.03. The van der Waals surface area contributed by atoms with E-state index >= 15 is 0 Å². The molecule has 16 heavy (non-hydrogen) atoms. The van der Waals surface area contributed by atoms with Crippen molar-refractivity contribution in [2.24, 2.45) is 0 Å². The van der Waals surface area contributed by atoms with Crippen LogP contribution in [0.5, 0.6) is 0 Å². The minimum atomic E-state index is 0.296. The number of nitrogens with zero attached hydrogens (tertiary/aromatic N) is 1. The van der Waals surface area contributed by atoms with Crippen LogP contribution in [0.3, 0.4) is 0 Å². The van der Waals surface area contributed by atoms with E-state index in [4.69, 9.17) is 10.00 Å². The van der Waals surface area contributed by atoms with Gasteiger partial charge in [-0.1, -0.05) is 6.92 Å². The average Bonchev–Trinajstić information content (AvgIpc) is 2.28. The first kappa shape index (κ1) is 13.0. The molecule has 86 valence electrons. The predicted molar refractivity (Wildman–Crippen MR) is 68.4 cm³/mol. The molecule has 1 aromatic carbocycles. The Bertz CT molecular complexity index is 387. The Morgan fingerprint density at radius 3 is 2.81 bits per heavy atom. The van der Waals surface area contributed by atoms with Crippen molar-refractivity contribution >= 4 is 21.6 Å². The molecule has 0 fully saturated rings. The fraction of sp³-hybridized carbons (Fsp3) is 0.417. The van der Waals surface area contributed by atoms with Crippen LogP contribution in [0, 0.1) is 11.3 Å². The van der Waals surface area contributed by atoms with Gasteiger partial charge < -0.3 is 10.1 Å². The molecule has 0 bridgehead atoms. The molecule has 0 aromatic heterocycles. The molecular weight excluding hydrogens is 268 g/mol. The highest BCUT2D eigenvalue weighted by molar-refractivity contribution is 9.10. The van der Waals surface area contributed by atoms with E-state index in [9.17, 15) is 0 Å². The molecule has 0 saturated carbocycles. The summed E-state index contributed by atoms with van der Waals surface area (Å²) in [6.07, 6.45) is 0.992. The summed E-state index contributed by atoms with van der Waals surface area (Å²) < 4.78 is 5.93. The predicted octanol–water partition coefficient (Wildman–Crippen LogP) is 3.16. The normalized spacial score (nSPS) is 11.9. The van der Waals surface area contributed by atoms with Crippen LogP contribution < -0.4 is 5.32 Å². The smallest absolute Gasteiger partial charge is 0.100 e. The number of ether oxygens (including phenoxy) is 1. The largest absolute Gasteiger partial charge is 0.383 e. The van der Waals surface area contributed by atoms with Gasteiger partial charge in [-0.05, 0) is 40.5 Å². The van der Waals surface area contributed by atoms with Crippen molar-refractivity contribution in [2.45, 2.75) is 19.4 Å². The van der Waals surface area contributed by atoms with E-state index in [1.165, 1.54) is 0 Å². The lowest BCUT2D eigenvalue weighted by molar-refractivity contribution is 0.184. The SMILES string of the molecule is CCC(COC)Nc1ccc(C#N)c(Br)c1. The summed E-state index contributed by atoms with van der Waals surface area (Å²) in [5.41, 5.74) is 1.64. The Morgan fingerprint density at radius 2 is 2.31 bits per heavy atom. The van der Waals surface area contributed by atoms with Crippen LogP contribution in [0.15, 0.2) is 22.7 Å². The number of nitrogens with one attached hydrogen (secondary N) is 1. The van der Waals surface area contributed by atoms with Crippen LogP contribution >= 0.6 is 15.9 Å². The maximum absolute atomic E-state index is 8.80. The van der Waals surface area contributed by atoms with Crippen molar-refractivity contribution in [3.8, 4) is 6.07 Å². The molecule has 0 amide bonds. The zero-order chi connectivity index (χ0) is 12.0. The third-order valence-electron chi connectivity index (χ3n) is 2.32. The zero-order valence-electron chi connectivity index (χ0n) is 9.46. The van der Waals surface area contributed by atoms with Gasteiger partial charge in [0, 0.05) is 23.3 Å². The van der Waals surface area contributed by atoms with E-state index in [0.717, 1.165) is 16.6 Å². The number of hydrogen-bond acceptors (Lipinski definition) is 3. The first-order valence-electron chi connectivity index (χ1n) is 5.16. The Hall–Kier alpha value is -1.05. The highest BCUT2D eigenvalue weighted by Crippen LogP contribution is 2.21. The van der Waals surface area contributed by atoms with Crippen molar-refractivity contribution in [1.29, 1.82) is 5.26 Å². The van der Waals surface area contributed by atoms with Crippen LogP contribution in [-0.2, 0) is 4.74 Å². The summed E-state index contributed by atoms with van der Waals surface area (Å²) in [7, 11) is 1.69. The van der Waals surface area contributed by atoms with Gasteiger partial charge in [0.15, 0.2) is 0 Å². The number of benzene rings is 1. The number of methoxy groups -OCH3 is 1. The van der Waals surface area contributed by atoms with Gasteiger partial charge in [0.25, 0.3) is 0 Å². The molecule has 0 aliphatic carbocycles. The van der Waals surface area contributed by atoms with E-state index in [-0.39, 0.29) is 0 Å². The Kier molecular flexibility index (Phi) is 5.30. The first-order valence-corrected chi connectivity index (χ1v) is 5.95. The molecule has 0 aliphatic rings. The van der Waals surface area contributed by atoms with Crippen LogP contribution in [0.1, 0.15) is 18.9 Å². The number of nitriles is 1. The van der Waals surface area contributed by atoms with E-state index < -0.39 is 0 Å². The van der Waals surface area contributed by atoms with Crippen molar-refractivity contribution < 1.29 is 4.74 Å². The maximum Gasteiger partial charge on any atom is 0.100 e. The van der Waals surface area contributed by atoms with Gasteiger partial charge in [0.1, 0.15) is 6.07 Å². The fourth-order valence-corrected chi connectivity index (χ4v) is 1.86. The zero-order valence-corrected chi connectivity index (χ0v) is 11.0. The van der Waals surface area contributed by atoms with E-state index in [2.05, 4.69) is 34.2 Å². The van der Waals surface area contributed by atoms with Crippen LogP contribution in [-0.4, -0.2) is 19.8 Å². The molecule has 1 atom stereocenters. The van der Waals surface area contributed by atoms with Crippen molar-refractivity contribution in [3.63, 3.8) is 0 Å². The summed E-state index contributed by atoms with van der Waals surface area (Å²) in [5, 5.41) is 12.2. The van der Waals surface area contributed by atoms with Gasteiger partial charge in [-0.2, -0.15) is 5.26 Å². The molecule has 0 aliphatic heterocycles. The molecule has 3 nitrogen and oxygen atoms in total. The second-order valence-electron chi connectivity index (χ2n) is 3.51. The lowest BCUT2D eigenvalue weighted by Crippen LogP contribution is -2.23. The molecule has 0 radical (unpaired) electrons. The number of hydrogen-bond donors (Lipinski definition) is 1. The fourth-order valence-electron chi connectivity index (χ4n) is 1.39. The molecule has 1 rings (SSSR count). The summed E-state index contributed by atoms with van der Waals surface area (Å²) in [6.45, 7) is 2.78. The van der Waals surface area contributed by atoms with Crippen LogP contribution in [0.25, 0.3) is 0 Å². The number of anilines is 1. The minimum absolute atomic E-state index is 0.296. The molecule has 4 heteroatoms. The highest BCUT2D eigenvalue weighted by Gasteiger charge is 2.06. The third kappa shape index (κ3) is 3.51. The Labute approximate surface area is 105 Å². The number of halogens is 1. The summed E-state index contributed by atoms with van der Waals surface area (Å²) >= 11 is 3.36. The van der Waals surface area contributed by atoms with Gasteiger partial charge in [0.05, 0.1) is 12.2 Å². The van der Waals surface area contributed by atoms with E-state index in [1.807, 2.05) is 12.1 Å². The van der Waals surface area contributed by atoms with Gasteiger partial charge in [-0.15, -0.1) is 0 Å². The standard InChI is InChI=1S/C12H15BrN2O/c1-3-10(8-16-2)15-11-5-4-9(7-14)12(13)6-11/h4-6,10,15H,3,8H2,1-2H3. The van der Waals surface area contributed by atoms with Gasteiger partial charge in [-0.3, -0.25) is 0 Å². The monoisotopic (exact) mass is 282 g/mol. The van der Waals surface area contributed by atoms with Crippen molar-refractivity contribution in [2.75, 3.05) is 19.0 Å². The van der Waals surface area contributed by atoms with Crippen molar-refractivity contribution in [3.05, 3.63) is 28.2 Å². The Morgan fingerprint density at radius 1 is 1.56 bits per heavy atom. The highest BCUT2D eigenvalue weighted by atomic mass is 79.9. The van der Waals surface area contributed by atoms with Crippen LogP contribution in [0.4, 0.5) is 5.69 Å². The van der Waals surface area contributed by atoms with Gasteiger partial charge in [0.2, 0.25) is 0 Å². The van der Waals surface area contributed by atoms with E-state index in [1.54, 1.807) is 13.2 Å².